The van der Waals surface area contributed by atoms with Crippen LogP contribution in [0.5, 0.6) is 0 Å². The van der Waals surface area contributed by atoms with Crippen LogP contribution < -0.4 is 0 Å². The van der Waals surface area contributed by atoms with Crippen molar-refractivity contribution in [1.29, 1.82) is 0 Å². The number of carbonyl (C=O) groups excluding carboxylic acids is 1. The van der Waals surface area contributed by atoms with Gasteiger partial charge in [-0.25, -0.2) is 4.98 Å². The number of rotatable bonds is 8. The fourth-order valence-electron chi connectivity index (χ4n) is 4.72. The van der Waals surface area contributed by atoms with Crippen LogP contribution in [0.15, 0.2) is 60.2 Å². The van der Waals surface area contributed by atoms with Crippen molar-refractivity contribution in [2.45, 2.75) is 46.0 Å². The van der Waals surface area contributed by atoms with Gasteiger partial charge >= 0.3 is 0 Å². The van der Waals surface area contributed by atoms with Crippen LogP contribution in [0.1, 0.15) is 51.8 Å². The third kappa shape index (κ3) is 4.21. The topological polar surface area (TPSA) is 55.0 Å². The SMILES string of the molecule is C=C(C)/C=C(\OC)C1=CC(C(C(=O)C2CCCC2c2ncc[nH]2)C(C)C)C=C1. The summed E-state index contributed by atoms with van der Waals surface area (Å²) < 4.78 is 5.54. The highest BCUT2D eigenvalue weighted by Crippen LogP contribution is 2.43. The molecule has 1 fully saturated rings. The number of imidazole rings is 1. The zero-order chi connectivity index (χ0) is 20.3. The van der Waals surface area contributed by atoms with E-state index in [-0.39, 0.29) is 29.6 Å². The number of H-pyrrole nitrogens is 1. The quantitative estimate of drug-likeness (QED) is 0.488. The van der Waals surface area contributed by atoms with Crippen molar-refractivity contribution in [2.75, 3.05) is 7.11 Å². The minimum absolute atomic E-state index is 0.0303. The van der Waals surface area contributed by atoms with Gasteiger partial charge in [-0.05, 0) is 31.8 Å². The summed E-state index contributed by atoms with van der Waals surface area (Å²) >= 11 is 0. The number of Topliss-reactive ketones (excluding diaryl/α,β-unsaturated/α-hetero) is 1. The Hall–Kier alpha value is -2.36. The van der Waals surface area contributed by atoms with Crippen molar-refractivity contribution in [3.8, 4) is 0 Å². The first-order chi connectivity index (χ1) is 13.4. The van der Waals surface area contributed by atoms with Crippen LogP contribution in [0, 0.1) is 23.7 Å². The zero-order valence-electron chi connectivity index (χ0n) is 17.4. The molecule has 0 amide bonds. The maximum Gasteiger partial charge on any atom is 0.140 e. The second-order valence-electron chi connectivity index (χ2n) is 8.41. The Morgan fingerprint density at radius 2 is 2.18 bits per heavy atom. The molecule has 0 radical (unpaired) electrons. The van der Waals surface area contributed by atoms with Crippen LogP contribution >= 0.6 is 0 Å². The maximum absolute atomic E-state index is 13.6. The van der Waals surface area contributed by atoms with Gasteiger partial charge in [-0.3, -0.25) is 4.79 Å². The molecular weight excluding hydrogens is 348 g/mol. The van der Waals surface area contributed by atoms with E-state index in [1.165, 1.54) is 0 Å². The lowest BCUT2D eigenvalue weighted by Crippen LogP contribution is -2.33. The van der Waals surface area contributed by atoms with Gasteiger partial charge in [0.25, 0.3) is 0 Å². The van der Waals surface area contributed by atoms with Crippen LogP contribution in [0.3, 0.4) is 0 Å². The number of ether oxygens (including phenoxy) is 1. The molecule has 0 aromatic carbocycles. The monoisotopic (exact) mass is 380 g/mol. The van der Waals surface area contributed by atoms with Crippen molar-refractivity contribution in [3.05, 3.63) is 66.0 Å². The van der Waals surface area contributed by atoms with E-state index < -0.39 is 0 Å². The molecule has 4 heteroatoms. The molecule has 0 saturated heterocycles. The molecule has 1 heterocycles. The summed E-state index contributed by atoms with van der Waals surface area (Å²) in [5.41, 5.74) is 1.97. The molecule has 1 saturated carbocycles. The Balaban J connectivity index is 1.83. The van der Waals surface area contributed by atoms with E-state index in [1.807, 2.05) is 19.2 Å². The normalized spacial score (nSPS) is 25.8. The van der Waals surface area contributed by atoms with E-state index in [2.05, 4.69) is 48.6 Å². The van der Waals surface area contributed by atoms with Crippen LogP contribution in [-0.2, 0) is 9.53 Å². The summed E-state index contributed by atoms with van der Waals surface area (Å²) in [5, 5.41) is 0. The molecule has 4 nitrogen and oxygen atoms in total. The predicted molar refractivity (Wildman–Crippen MR) is 113 cm³/mol. The van der Waals surface area contributed by atoms with Crippen molar-refractivity contribution in [2.24, 2.45) is 23.7 Å². The number of aromatic nitrogens is 2. The highest BCUT2D eigenvalue weighted by molar-refractivity contribution is 5.85. The van der Waals surface area contributed by atoms with Crippen LogP contribution in [0.2, 0.25) is 0 Å². The Kier molecular flexibility index (Phi) is 6.38. The average molecular weight is 381 g/mol. The van der Waals surface area contributed by atoms with Crippen LogP contribution in [-0.4, -0.2) is 22.9 Å². The first-order valence-corrected chi connectivity index (χ1v) is 10.3. The number of hydrogen-bond acceptors (Lipinski definition) is 3. The number of nitrogens with one attached hydrogen (secondary N) is 1. The largest absolute Gasteiger partial charge is 0.496 e. The summed E-state index contributed by atoms with van der Waals surface area (Å²) in [4.78, 5) is 21.3. The Bertz CT molecular complexity index is 799. The lowest BCUT2D eigenvalue weighted by Gasteiger charge is -2.28. The van der Waals surface area contributed by atoms with E-state index in [0.717, 1.165) is 42.0 Å². The van der Waals surface area contributed by atoms with Gasteiger partial charge in [-0.15, -0.1) is 0 Å². The number of hydrogen-bond donors (Lipinski definition) is 1. The lowest BCUT2D eigenvalue weighted by atomic mass is 9.74. The predicted octanol–water partition coefficient (Wildman–Crippen LogP) is 5.35. The number of aromatic amines is 1. The van der Waals surface area contributed by atoms with Crippen molar-refractivity contribution in [1.82, 2.24) is 9.97 Å². The standard InChI is InChI=1S/C24H32N2O2/c1-15(2)13-21(28-5)17-9-10-18(14-17)22(16(3)4)23(27)19-7-6-8-20(19)24-25-11-12-26-24/h9-14,16,18-20,22H,1,6-8H2,2-5H3,(H,25,26)/b21-13-. The molecule has 4 unspecified atom stereocenters. The number of carbonyl (C=O) groups is 1. The minimum Gasteiger partial charge on any atom is -0.496 e. The Labute approximate surface area is 168 Å². The van der Waals surface area contributed by atoms with Gasteiger partial charge in [-0.1, -0.05) is 50.6 Å². The summed E-state index contributed by atoms with van der Waals surface area (Å²) in [6.07, 6.45) is 15.1. The van der Waals surface area contributed by atoms with Gasteiger partial charge in [0.1, 0.15) is 17.4 Å². The molecular formula is C24H32N2O2. The summed E-state index contributed by atoms with van der Waals surface area (Å²) in [7, 11) is 1.67. The molecule has 3 rings (SSSR count). The number of ketones is 1. The number of methoxy groups -OCH3 is 1. The third-order valence-electron chi connectivity index (χ3n) is 5.97. The van der Waals surface area contributed by atoms with E-state index in [9.17, 15) is 4.79 Å². The van der Waals surface area contributed by atoms with Crippen LogP contribution in [0.25, 0.3) is 0 Å². The summed E-state index contributed by atoms with van der Waals surface area (Å²) in [6.45, 7) is 10.2. The van der Waals surface area contributed by atoms with Crippen LogP contribution in [0.4, 0.5) is 0 Å². The molecule has 2 aliphatic rings. The molecule has 1 aromatic rings. The van der Waals surface area contributed by atoms with E-state index in [0.29, 0.717) is 5.78 Å². The lowest BCUT2D eigenvalue weighted by molar-refractivity contribution is -0.129. The van der Waals surface area contributed by atoms with Gasteiger partial charge in [-0.2, -0.15) is 0 Å². The fourth-order valence-corrected chi connectivity index (χ4v) is 4.72. The second-order valence-corrected chi connectivity index (χ2v) is 8.41. The fraction of sp³-hybridized carbons (Fsp3) is 0.500. The minimum atomic E-state index is -0.0303. The maximum atomic E-state index is 13.6. The van der Waals surface area contributed by atoms with Gasteiger partial charge in [0.2, 0.25) is 0 Å². The molecule has 0 spiro atoms. The molecule has 28 heavy (non-hydrogen) atoms. The van der Waals surface area contributed by atoms with E-state index >= 15 is 0 Å². The Morgan fingerprint density at radius 3 is 2.79 bits per heavy atom. The molecule has 0 bridgehead atoms. The number of allylic oxidation sites excluding steroid dienone is 5. The molecule has 2 aliphatic carbocycles. The zero-order valence-corrected chi connectivity index (χ0v) is 17.4. The highest BCUT2D eigenvalue weighted by Gasteiger charge is 2.41. The molecule has 1 N–H and O–H groups in total. The molecule has 1 aromatic heterocycles. The van der Waals surface area contributed by atoms with Gasteiger partial charge < -0.3 is 9.72 Å². The molecule has 0 aliphatic heterocycles. The first-order valence-electron chi connectivity index (χ1n) is 10.3. The second kappa shape index (κ2) is 8.76. The average Bonchev–Trinajstić information content (AvgIpc) is 3.38. The summed E-state index contributed by atoms with van der Waals surface area (Å²) in [5.74, 6) is 2.75. The smallest absolute Gasteiger partial charge is 0.140 e. The summed E-state index contributed by atoms with van der Waals surface area (Å²) in [6, 6.07) is 0. The molecule has 4 atom stereocenters. The van der Waals surface area contributed by atoms with Crippen molar-refractivity contribution >= 4 is 5.78 Å². The van der Waals surface area contributed by atoms with Gasteiger partial charge in [0.05, 0.1) is 7.11 Å². The van der Waals surface area contributed by atoms with E-state index in [4.69, 9.17) is 4.74 Å². The Morgan fingerprint density at radius 1 is 1.39 bits per heavy atom. The first kappa shape index (κ1) is 20.4. The molecule has 150 valence electrons. The number of nitrogens with zero attached hydrogens (tertiary/aromatic N) is 1. The highest BCUT2D eigenvalue weighted by atomic mass is 16.5. The van der Waals surface area contributed by atoms with Crippen molar-refractivity contribution < 1.29 is 9.53 Å². The van der Waals surface area contributed by atoms with Crippen molar-refractivity contribution in [3.63, 3.8) is 0 Å². The van der Waals surface area contributed by atoms with Gasteiger partial charge in [0, 0.05) is 41.6 Å². The van der Waals surface area contributed by atoms with E-state index in [1.54, 1.807) is 13.3 Å². The van der Waals surface area contributed by atoms with Gasteiger partial charge in [0.15, 0.2) is 0 Å². The third-order valence-corrected chi connectivity index (χ3v) is 5.97.